The summed E-state index contributed by atoms with van der Waals surface area (Å²) in [7, 11) is 3.24. The fourth-order valence-corrected chi connectivity index (χ4v) is 2.48. The number of nitrogens with one attached hydrogen (secondary N) is 2. The fourth-order valence-electron chi connectivity index (χ4n) is 2.48. The second kappa shape index (κ2) is 7.57. The number of methoxy groups -OCH3 is 2. The van der Waals surface area contributed by atoms with Gasteiger partial charge in [-0.2, -0.15) is 4.98 Å². The van der Waals surface area contributed by atoms with Gasteiger partial charge in [0.05, 0.1) is 26.5 Å². The number of benzene rings is 1. The highest BCUT2D eigenvalue weighted by atomic mass is 16.5. The number of ether oxygens (including phenoxy) is 2. The van der Waals surface area contributed by atoms with Gasteiger partial charge >= 0.3 is 0 Å². The highest BCUT2D eigenvalue weighted by Crippen LogP contribution is 2.40. The van der Waals surface area contributed by atoms with E-state index < -0.39 is 0 Å². The van der Waals surface area contributed by atoms with E-state index in [-0.39, 0.29) is 12.6 Å². The molecular formula is C18H24N4O3. The van der Waals surface area contributed by atoms with E-state index in [1.165, 1.54) is 0 Å². The van der Waals surface area contributed by atoms with Crippen molar-refractivity contribution >= 4 is 17.5 Å². The topological polar surface area (TPSA) is 88.5 Å². The van der Waals surface area contributed by atoms with Crippen molar-refractivity contribution in [3.8, 4) is 11.5 Å². The average molecular weight is 344 g/mol. The lowest BCUT2D eigenvalue weighted by Crippen LogP contribution is -2.21. The molecule has 1 atom stereocenters. The van der Waals surface area contributed by atoms with Gasteiger partial charge in [-0.1, -0.05) is 0 Å². The lowest BCUT2D eigenvalue weighted by atomic mass is 10.2. The van der Waals surface area contributed by atoms with Crippen LogP contribution in [0.1, 0.15) is 31.4 Å². The third-order valence-corrected chi connectivity index (χ3v) is 4.01. The zero-order valence-electron chi connectivity index (χ0n) is 14.7. The Hall–Kier alpha value is -2.54. The first kappa shape index (κ1) is 17.3. The summed E-state index contributed by atoms with van der Waals surface area (Å²) in [5, 5.41) is 15.7. The Balaban J connectivity index is 1.88. The molecule has 25 heavy (non-hydrogen) atoms. The van der Waals surface area contributed by atoms with Crippen LogP contribution in [0.2, 0.25) is 0 Å². The largest absolute Gasteiger partial charge is 0.497 e. The third-order valence-electron chi connectivity index (χ3n) is 4.01. The molecule has 1 fully saturated rings. The quantitative estimate of drug-likeness (QED) is 0.678. The molecular weight excluding hydrogens is 320 g/mol. The van der Waals surface area contributed by atoms with Gasteiger partial charge in [0.1, 0.15) is 17.3 Å². The van der Waals surface area contributed by atoms with Crippen LogP contribution in [0.5, 0.6) is 11.5 Å². The second-order valence-electron chi connectivity index (χ2n) is 6.23. The lowest BCUT2D eigenvalue weighted by molar-refractivity contribution is 0.281. The number of anilines is 3. The van der Waals surface area contributed by atoms with Crippen LogP contribution in [0.25, 0.3) is 0 Å². The molecule has 2 aromatic rings. The van der Waals surface area contributed by atoms with Crippen LogP contribution in [0.4, 0.5) is 17.5 Å². The van der Waals surface area contributed by atoms with Crippen LogP contribution in [-0.2, 0) is 0 Å². The predicted octanol–water partition coefficient (Wildman–Crippen LogP) is 2.91. The first-order valence-corrected chi connectivity index (χ1v) is 8.37. The molecule has 0 spiro atoms. The molecule has 1 aliphatic carbocycles. The Labute approximate surface area is 147 Å². The number of rotatable bonds is 8. The van der Waals surface area contributed by atoms with E-state index in [2.05, 4.69) is 20.6 Å². The number of nitrogens with zero attached hydrogens (tertiary/aromatic N) is 2. The van der Waals surface area contributed by atoms with E-state index in [9.17, 15) is 5.11 Å². The van der Waals surface area contributed by atoms with Gasteiger partial charge in [-0.3, -0.25) is 0 Å². The monoisotopic (exact) mass is 344 g/mol. The minimum Gasteiger partial charge on any atom is -0.497 e. The van der Waals surface area contributed by atoms with Crippen molar-refractivity contribution in [1.29, 1.82) is 0 Å². The van der Waals surface area contributed by atoms with E-state index in [1.54, 1.807) is 14.2 Å². The maximum absolute atomic E-state index is 9.25. The van der Waals surface area contributed by atoms with Crippen molar-refractivity contribution in [2.45, 2.75) is 31.7 Å². The molecule has 1 aliphatic rings. The first-order valence-electron chi connectivity index (χ1n) is 8.37. The summed E-state index contributed by atoms with van der Waals surface area (Å²) in [5.74, 6) is 3.10. The molecule has 7 nitrogen and oxygen atoms in total. The second-order valence-corrected chi connectivity index (χ2v) is 6.23. The van der Waals surface area contributed by atoms with Crippen molar-refractivity contribution in [3.05, 3.63) is 30.0 Å². The van der Waals surface area contributed by atoms with Gasteiger partial charge < -0.3 is 25.2 Å². The van der Waals surface area contributed by atoms with E-state index in [1.807, 2.05) is 31.2 Å². The molecule has 1 aromatic carbocycles. The molecule has 0 saturated heterocycles. The van der Waals surface area contributed by atoms with Crippen molar-refractivity contribution < 1.29 is 14.6 Å². The zero-order chi connectivity index (χ0) is 17.8. The molecule has 1 aromatic heterocycles. The summed E-state index contributed by atoms with van der Waals surface area (Å²) in [4.78, 5) is 9.08. The number of aliphatic hydroxyl groups excluding tert-OH is 1. The third kappa shape index (κ3) is 4.51. The standard InChI is InChI=1S/C18H24N4O3/c1-11(10-23)19-18-21-16(12-4-5-12)9-17(22-18)20-13-6-14(24-2)8-15(7-13)25-3/h6-9,11-12,23H,4-5,10H2,1-3H3,(H2,19,20,21,22)/t11-/m1/s1. The number of aromatic nitrogens is 2. The van der Waals surface area contributed by atoms with Crippen LogP contribution in [0.3, 0.4) is 0 Å². The minimum absolute atomic E-state index is 0.0207. The summed E-state index contributed by atoms with van der Waals surface area (Å²) >= 11 is 0. The van der Waals surface area contributed by atoms with E-state index in [0.717, 1.165) is 24.2 Å². The van der Waals surface area contributed by atoms with Gasteiger partial charge in [0.2, 0.25) is 5.95 Å². The van der Waals surface area contributed by atoms with Crippen molar-refractivity contribution in [2.24, 2.45) is 0 Å². The summed E-state index contributed by atoms with van der Waals surface area (Å²) in [6, 6.07) is 7.43. The van der Waals surface area contributed by atoms with Gasteiger partial charge in [-0.05, 0) is 19.8 Å². The van der Waals surface area contributed by atoms with Gasteiger partial charge in [0, 0.05) is 41.9 Å². The van der Waals surface area contributed by atoms with E-state index in [0.29, 0.717) is 29.2 Å². The first-order chi connectivity index (χ1) is 12.1. The predicted molar refractivity (Wildman–Crippen MR) is 97.0 cm³/mol. The van der Waals surface area contributed by atoms with Crippen molar-refractivity contribution in [1.82, 2.24) is 9.97 Å². The fraction of sp³-hybridized carbons (Fsp3) is 0.444. The summed E-state index contributed by atoms with van der Waals surface area (Å²) in [6.07, 6.45) is 2.30. The summed E-state index contributed by atoms with van der Waals surface area (Å²) < 4.78 is 10.6. The smallest absolute Gasteiger partial charge is 0.225 e. The minimum atomic E-state index is -0.112. The van der Waals surface area contributed by atoms with E-state index >= 15 is 0 Å². The Morgan fingerprint density at radius 3 is 2.36 bits per heavy atom. The number of hydrogen-bond acceptors (Lipinski definition) is 7. The van der Waals surface area contributed by atoms with Crippen LogP contribution in [0, 0.1) is 0 Å². The van der Waals surface area contributed by atoms with Gasteiger partial charge in [0.25, 0.3) is 0 Å². The van der Waals surface area contributed by atoms with Gasteiger partial charge in [0.15, 0.2) is 0 Å². The molecule has 0 radical (unpaired) electrons. The van der Waals surface area contributed by atoms with Crippen molar-refractivity contribution in [2.75, 3.05) is 31.5 Å². The van der Waals surface area contributed by atoms with Gasteiger partial charge in [-0.15, -0.1) is 0 Å². The SMILES string of the molecule is COc1cc(Nc2cc(C3CC3)nc(N[C@H](C)CO)n2)cc(OC)c1. The Kier molecular flexibility index (Phi) is 5.23. The summed E-state index contributed by atoms with van der Waals surface area (Å²) in [6.45, 7) is 1.90. The molecule has 0 aliphatic heterocycles. The zero-order valence-corrected chi connectivity index (χ0v) is 14.7. The summed E-state index contributed by atoms with van der Waals surface area (Å²) in [5.41, 5.74) is 1.83. The van der Waals surface area contributed by atoms with Crippen LogP contribution < -0.4 is 20.1 Å². The molecule has 1 saturated carbocycles. The molecule has 0 amide bonds. The highest BCUT2D eigenvalue weighted by Gasteiger charge is 2.26. The van der Waals surface area contributed by atoms with Crippen LogP contribution in [-0.4, -0.2) is 41.9 Å². The molecule has 1 heterocycles. The van der Waals surface area contributed by atoms with Crippen molar-refractivity contribution in [3.63, 3.8) is 0 Å². The molecule has 3 rings (SSSR count). The molecule has 0 bridgehead atoms. The maximum atomic E-state index is 9.25. The number of hydrogen-bond donors (Lipinski definition) is 3. The maximum Gasteiger partial charge on any atom is 0.225 e. The Morgan fingerprint density at radius 2 is 1.80 bits per heavy atom. The molecule has 3 N–H and O–H groups in total. The lowest BCUT2D eigenvalue weighted by Gasteiger charge is -2.15. The molecule has 0 unspecified atom stereocenters. The number of aliphatic hydroxyl groups is 1. The van der Waals surface area contributed by atoms with Gasteiger partial charge in [-0.25, -0.2) is 4.98 Å². The average Bonchev–Trinajstić information content (AvgIpc) is 3.46. The Bertz CT molecular complexity index is 712. The van der Waals surface area contributed by atoms with E-state index in [4.69, 9.17) is 9.47 Å². The highest BCUT2D eigenvalue weighted by molar-refractivity contribution is 5.62. The molecule has 7 heteroatoms. The van der Waals surface area contributed by atoms with Crippen LogP contribution >= 0.6 is 0 Å². The Morgan fingerprint density at radius 1 is 1.12 bits per heavy atom. The molecule has 134 valence electrons. The normalized spacial score (nSPS) is 14.7. The van der Waals surface area contributed by atoms with Crippen LogP contribution in [0.15, 0.2) is 24.3 Å².